The minimum atomic E-state index is 0.278. The fourth-order valence-electron chi connectivity index (χ4n) is 1.93. The lowest BCUT2D eigenvalue weighted by atomic mass is 10.1. The van der Waals surface area contributed by atoms with E-state index in [1.807, 2.05) is 18.2 Å². The summed E-state index contributed by atoms with van der Waals surface area (Å²) in [6.45, 7) is 2.70. The molecule has 2 aromatic carbocycles. The highest BCUT2D eigenvalue weighted by Crippen LogP contribution is 2.24. The number of nitrogens with one attached hydrogen (secondary N) is 1. The van der Waals surface area contributed by atoms with E-state index in [4.69, 9.17) is 4.74 Å². The molecule has 0 bridgehead atoms. The standard InChI is InChI=1S/C16H19NO2/c1-3-12-5-4-6-14(9-12)17-11-13-10-15(19-2)7-8-16(13)18/h4-10,17-18H,3,11H2,1-2H3. The normalized spacial score (nSPS) is 10.2. The van der Waals surface area contributed by atoms with E-state index < -0.39 is 0 Å². The Morgan fingerprint density at radius 1 is 1.16 bits per heavy atom. The van der Waals surface area contributed by atoms with Gasteiger partial charge in [0.2, 0.25) is 0 Å². The van der Waals surface area contributed by atoms with Gasteiger partial charge < -0.3 is 15.2 Å². The monoisotopic (exact) mass is 257 g/mol. The zero-order valence-corrected chi connectivity index (χ0v) is 11.3. The first kappa shape index (κ1) is 13.3. The number of phenolic OH excluding ortho intramolecular Hbond substituents is 1. The molecule has 0 atom stereocenters. The van der Waals surface area contributed by atoms with E-state index >= 15 is 0 Å². The third kappa shape index (κ3) is 3.41. The zero-order chi connectivity index (χ0) is 13.7. The summed E-state index contributed by atoms with van der Waals surface area (Å²) in [6.07, 6.45) is 1.01. The van der Waals surface area contributed by atoms with Crippen LogP contribution < -0.4 is 10.1 Å². The number of rotatable bonds is 5. The van der Waals surface area contributed by atoms with Crippen LogP contribution >= 0.6 is 0 Å². The van der Waals surface area contributed by atoms with Gasteiger partial charge in [0.15, 0.2) is 0 Å². The largest absolute Gasteiger partial charge is 0.508 e. The van der Waals surface area contributed by atoms with Crippen LogP contribution in [-0.4, -0.2) is 12.2 Å². The molecule has 0 amide bonds. The molecule has 2 aromatic rings. The van der Waals surface area contributed by atoms with Crippen LogP contribution in [0.15, 0.2) is 42.5 Å². The van der Waals surface area contributed by atoms with E-state index in [0.29, 0.717) is 6.54 Å². The fraction of sp³-hybridized carbons (Fsp3) is 0.250. The molecule has 0 fully saturated rings. The lowest BCUT2D eigenvalue weighted by Crippen LogP contribution is -2.00. The Bertz CT molecular complexity index is 552. The summed E-state index contributed by atoms with van der Waals surface area (Å²) in [7, 11) is 1.62. The summed E-state index contributed by atoms with van der Waals surface area (Å²) in [5, 5.41) is 13.1. The third-order valence-electron chi connectivity index (χ3n) is 3.10. The smallest absolute Gasteiger partial charge is 0.120 e. The minimum Gasteiger partial charge on any atom is -0.508 e. The second-order valence-electron chi connectivity index (χ2n) is 4.40. The van der Waals surface area contributed by atoms with Crippen LogP contribution in [0, 0.1) is 0 Å². The molecule has 0 spiro atoms. The summed E-state index contributed by atoms with van der Waals surface area (Å²) < 4.78 is 5.16. The van der Waals surface area contributed by atoms with Crippen LogP contribution in [0.5, 0.6) is 11.5 Å². The molecular weight excluding hydrogens is 238 g/mol. The van der Waals surface area contributed by atoms with Gasteiger partial charge in [0, 0.05) is 17.8 Å². The van der Waals surface area contributed by atoms with Gasteiger partial charge in [-0.3, -0.25) is 0 Å². The van der Waals surface area contributed by atoms with Gasteiger partial charge in [0.1, 0.15) is 11.5 Å². The highest BCUT2D eigenvalue weighted by Gasteiger charge is 2.03. The van der Waals surface area contributed by atoms with Crippen molar-refractivity contribution in [3.05, 3.63) is 53.6 Å². The van der Waals surface area contributed by atoms with Gasteiger partial charge in [-0.1, -0.05) is 19.1 Å². The molecule has 0 radical (unpaired) electrons. The van der Waals surface area contributed by atoms with E-state index in [-0.39, 0.29) is 5.75 Å². The van der Waals surface area contributed by atoms with E-state index in [0.717, 1.165) is 23.4 Å². The Labute approximate surface area is 113 Å². The van der Waals surface area contributed by atoms with Crippen LogP contribution in [0.4, 0.5) is 5.69 Å². The SMILES string of the molecule is CCc1cccc(NCc2cc(OC)ccc2O)c1. The predicted octanol–water partition coefficient (Wildman–Crippen LogP) is 3.58. The second kappa shape index (κ2) is 6.14. The molecule has 19 heavy (non-hydrogen) atoms. The molecule has 0 aromatic heterocycles. The molecule has 0 aliphatic carbocycles. The third-order valence-corrected chi connectivity index (χ3v) is 3.10. The van der Waals surface area contributed by atoms with Crippen LogP contribution in [0.1, 0.15) is 18.1 Å². The van der Waals surface area contributed by atoms with Gasteiger partial charge in [-0.2, -0.15) is 0 Å². The van der Waals surface area contributed by atoms with E-state index in [9.17, 15) is 5.11 Å². The van der Waals surface area contributed by atoms with Crippen LogP contribution in [-0.2, 0) is 13.0 Å². The maximum atomic E-state index is 9.81. The first-order chi connectivity index (χ1) is 9.22. The Hall–Kier alpha value is -2.16. The second-order valence-corrected chi connectivity index (χ2v) is 4.40. The predicted molar refractivity (Wildman–Crippen MR) is 77.8 cm³/mol. The fourth-order valence-corrected chi connectivity index (χ4v) is 1.93. The molecule has 0 aliphatic rings. The first-order valence-corrected chi connectivity index (χ1v) is 6.41. The van der Waals surface area contributed by atoms with E-state index in [1.54, 1.807) is 19.2 Å². The number of ether oxygens (including phenoxy) is 1. The number of methoxy groups -OCH3 is 1. The number of benzene rings is 2. The average Bonchev–Trinajstić information content (AvgIpc) is 2.46. The zero-order valence-electron chi connectivity index (χ0n) is 11.3. The number of aryl methyl sites for hydroxylation is 1. The Balaban J connectivity index is 2.09. The van der Waals surface area contributed by atoms with Gasteiger partial charge in [-0.15, -0.1) is 0 Å². The van der Waals surface area contributed by atoms with Crippen LogP contribution in [0.3, 0.4) is 0 Å². The number of aromatic hydroxyl groups is 1. The molecule has 3 nitrogen and oxygen atoms in total. The Morgan fingerprint density at radius 3 is 2.74 bits per heavy atom. The molecular formula is C16H19NO2. The maximum absolute atomic E-state index is 9.81. The molecule has 100 valence electrons. The van der Waals surface area contributed by atoms with Crippen molar-refractivity contribution in [3.63, 3.8) is 0 Å². The number of anilines is 1. The Kier molecular flexibility index (Phi) is 4.29. The summed E-state index contributed by atoms with van der Waals surface area (Å²) in [4.78, 5) is 0. The van der Waals surface area contributed by atoms with Crippen molar-refractivity contribution in [2.45, 2.75) is 19.9 Å². The van der Waals surface area contributed by atoms with Gasteiger partial charge >= 0.3 is 0 Å². The van der Waals surface area contributed by atoms with Crippen molar-refractivity contribution in [1.29, 1.82) is 0 Å². The topological polar surface area (TPSA) is 41.5 Å². The summed E-state index contributed by atoms with van der Waals surface area (Å²) >= 11 is 0. The van der Waals surface area contributed by atoms with Crippen molar-refractivity contribution < 1.29 is 9.84 Å². The summed E-state index contributed by atoms with van der Waals surface area (Å²) in [5.41, 5.74) is 3.17. The molecule has 0 aliphatic heterocycles. The number of phenols is 1. The molecule has 2 rings (SSSR count). The molecule has 0 heterocycles. The molecule has 0 saturated carbocycles. The highest BCUT2D eigenvalue weighted by atomic mass is 16.5. The van der Waals surface area contributed by atoms with Gasteiger partial charge in [-0.25, -0.2) is 0 Å². The van der Waals surface area contributed by atoms with Crippen molar-refractivity contribution in [1.82, 2.24) is 0 Å². The number of hydrogen-bond donors (Lipinski definition) is 2. The average molecular weight is 257 g/mol. The van der Waals surface area contributed by atoms with Crippen molar-refractivity contribution in [2.75, 3.05) is 12.4 Å². The Morgan fingerprint density at radius 2 is 2.00 bits per heavy atom. The van der Waals surface area contributed by atoms with Crippen molar-refractivity contribution >= 4 is 5.69 Å². The lowest BCUT2D eigenvalue weighted by molar-refractivity contribution is 0.411. The molecule has 3 heteroatoms. The van der Waals surface area contributed by atoms with Crippen molar-refractivity contribution in [3.8, 4) is 11.5 Å². The van der Waals surface area contributed by atoms with E-state index in [2.05, 4.69) is 24.4 Å². The molecule has 0 unspecified atom stereocenters. The molecule has 0 saturated heterocycles. The first-order valence-electron chi connectivity index (χ1n) is 6.41. The van der Waals surface area contributed by atoms with Crippen LogP contribution in [0.2, 0.25) is 0 Å². The van der Waals surface area contributed by atoms with Crippen LogP contribution in [0.25, 0.3) is 0 Å². The summed E-state index contributed by atoms with van der Waals surface area (Å²) in [6, 6.07) is 13.5. The molecule has 2 N–H and O–H groups in total. The quantitative estimate of drug-likeness (QED) is 0.860. The van der Waals surface area contributed by atoms with Gasteiger partial charge in [-0.05, 0) is 42.3 Å². The lowest BCUT2D eigenvalue weighted by Gasteiger charge is -2.10. The minimum absolute atomic E-state index is 0.278. The van der Waals surface area contributed by atoms with Gasteiger partial charge in [0.25, 0.3) is 0 Å². The van der Waals surface area contributed by atoms with E-state index in [1.165, 1.54) is 5.56 Å². The summed E-state index contributed by atoms with van der Waals surface area (Å²) in [5.74, 6) is 1.02. The van der Waals surface area contributed by atoms with Gasteiger partial charge in [0.05, 0.1) is 7.11 Å². The van der Waals surface area contributed by atoms with Crippen molar-refractivity contribution in [2.24, 2.45) is 0 Å². The highest BCUT2D eigenvalue weighted by molar-refractivity contribution is 5.48. The number of hydrogen-bond acceptors (Lipinski definition) is 3. The maximum Gasteiger partial charge on any atom is 0.120 e.